The first-order valence-electron chi connectivity index (χ1n) is 10.6. The molecule has 0 N–H and O–H groups in total. The molecule has 1 aromatic carbocycles. The Bertz CT molecular complexity index is 1090. The summed E-state index contributed by atoms with van der Waals surface area (Å²) in [7, 11) is 4.09. The van der Waals surface area contributed by atoms with E-state index in [4.69, 9.17) is 4.98 Å². The summed E-state index contributed by atoms with van der Waals surface area (Å²) >= 11 is 0. The maximum atomic E-state index is 4.99. The maximum Gasteiger partial charge on any atom is 0.137 e. The van der Waals surface area contributed by atoms with Gasteiger partial charge in [-0.1, -0.05) is 17.9 Å². The molecule has 0 saturated heterocycles. The zero-order chi connectivity index (χ0) is 21.8. The molecule has 0 radical (unpaired) electrons. The molecule has 0 aliphatic rings. The lowest BCUT2D eigenvalue weighted by molar-refractivity contribution is 0.464. The van der Waals surface area contributed by atoms with E-state index in [2.05, 4.69) is 92.3 Å². The van der Waals surface area contributed by atoms with Crippen LogP contribution in [0, 0.1) is 46.5 Å². The topological polar surface area (TPSA) is 21.1 Å². The molecule has 0 saturated carbocycles. The summed E-state index contributed by atoms with van der Waals surface area (Å²) in [6.07, 6.45) is 1.89. The Morgan fingerprint density at radius 3 is 2.20 bits per heavy atom. The van der Waals surface area contributed by atoms with Crippen molar-refractivity contribution in [1.82, 2.24) is 14.5 Å². The van der Waals surface area contributed by atoms with Gasteiger partial charge < -0.3 is 4.57 Å². The average Bonchev–Trinajstić information content (AvgIpc) is 3.00. The van der Waals surface area contributed by atoms with Gasteiger partial charge in [-0.05, 0) is 114 Å². The van der Waals surface area contributed by atoms with Crippen molar-refractivity contribution in [2.45, 2.75) is 47.5 Å². The molecule has 0 aliphatic carbocycles. The molecular formula is C27H33N3. The second-order valence-corrected chi connectivity index (χ2v) is 8.58. The van der Waals surface area contributed by atoms with E-state index in [0.29, 0.717) is 0 Å². The summed E-state index contributed by atoms with van der Waals surface area (Å²) in [4.78, 5) is 7.08. The molecule has 0 fully saturated rings. The summed E-state index contributed by atoms with van der Waals surface area (Å²) in [5, 5.41) is 0. The van der Waals surface area contributed by atoms with Crippen molar-refractivity contribution >= 4 is 0 Å². The largest absolute Gasteiger partial charge is 0.303 e. The van der Waals surface area contributed by atoms with E-state index in [9.17, 15) is 0 Å². The van der Waals surface area contributed by atoms with E-state index >= 15 is 0 Å². The fourth-order valence-electron chi connectivity index (χ4n) is 3.87. The molecule has 0 unspecified atom stereocenters. The van der Waals surface area contributed by atoms with Crippen LogP contribution in [0.4, 0.5) is 0 Å². The minimum atomic E-state index is 0.775. The summed E-state index contributed by atoms with van der Waals surface area (Å²) < 4.78 is 2.23. The number of hydrogen-bond acceptors (Lipinski definition) is 2. The van der Waals surface area contributed by atoms with Gasteiger partial charge in [-0.15, -0.1) is 0 Å². The van der Waals surface area contributed by atoms with Crippen LogP contribution in [0.3, 0.4) is 0 Å². The molecule has 0 spiro atoms. The zero-order valence-corrected chi connectivity index (χ0v) is 19.4. The second-order valence-electron chi connectivity index (χ2n) is 8.58. The summed E-state index contributed by atoms with van der Waals surface area (Å²) in [5.74, 6) is 7.65. The van der Waals surface area contributed by atoms with Gasteiger partial charge in [-0.3, -0.25) is 4.90 Å². The quantitative estimate of drug-likeness (QED) is 0.556. The Morgan fingerprint density at radius 2 is 1.53 bits per heavy atom. The molecule has 3 nitrogen and oxygen atoms in total. The average molecular weight is 400 g/mol. The predicted octanol–water partition coefficient (Wildman–Crippen LogP) is 5.11. The van der Waals surface area contributed by atoms with Crippen LogP contribution in [0.5, 0.6) is 0 Å². The van der Waals surface area contributed by atoms with Gasteiger partial charge in [0, 0.05) is 22.6 Å². The van der Waals surface area contributed by atoms with Crippen molar-refractivity contribution in [3.05, 3.63) is 81.3 Å². The summed E-state index contributed by atoms with van der Waals surface area (Å²) in [6.45, 7) is 11.5. The zero-order valence-electron chi connectivity index (χ0n) is 19.4. The third kappa shape index (κ3) is 5.20. The lowest BCUT2D eigenvalue weighted by Crippen LogP contribution is -2.10. The van der Waals surface area contributed by atoms with Crippen molar-refractivity contribution in [1.29, 1.82) is 0 Å². The predicted molar refractivity (Wildman–Crippen MR) is 127 cm³/mol. The van der Waals surface area contributed by atoms with Crippen molar-refractivity contribution in [3.63, 3.8) is 0 Å². The number of rotatable bonds is 5. The van der Waals surface area contributed by atoms with Gasteiger partial charge in [-0.2, -0.15) is 0 Å². The van der Waals surface area contributed by atoms with E-state index in [1.165, 1.54) is 33.6 Å². The van der Waals surface area contributed by atoms with Gasteiger partial charge in [0.25, 0.3) is 0 Å². The Labute approximate surface area is 181 Å². The van der Waals surface area contributed by atoms with Crippen LogP contribution in [0.15, 0.2) is 36.4 Å². The van der Waals surface area contributed by atoms with E-state index in [1.54, 1.807) is 0 Å². The number of hydrogen-bond donors (Lipinski definition) is 0. The molecule has 2 aromatic heterocycles. The Hall–Kier alpha value is -2.83. The number of aryl methyl sites for hydroxylation is 6. The third-order valence-electron chi connectivity index (χ3n) is 5.44. The first kappa shape index (κ1) is 21.9. The lowest BCUT2D eigenvalue weighted by atomic mass is 9.95. The van der Waals surface area contributed by atoms with Crippen molar-refractivity contribution in [3.8, 4) is 17.7 Å². The monoisotopic (exact) mass is 399 g/mol. The number of benzene rings is 1. The highest BCUT2D eigenvalue weighted by molar-refractivity contribution is 5.48. The lowest BCUT2D eigenvalue weighted by Gasteiger charge is -2.13. The highest BCUT2D eigenvalue weighted by Crippen LogP contribution is 2.20. The minimum Gasteiger partial charge on any atom is -0.303 e. The van der Waals surface area contributed by atoms with Gasteiger partial charge in [0.15, 0.2) is 0 Å². The van der Waals surface area contributed by atoms with Gasteiger partial charge in [0.1, 0.15) is 5.82 Å². The van der Waals surface area contributed by atoms with Crippen LogP contribution >= 0.6 is 0 Å². The maximum absolute atomic E-state index is 4.99. The fourth-order valence-corrected chi connectivity index (χ4v) is 3.87. The number of pyridine rings is 1. The molecule has 0 bridgehead atoms. The van der Waals surface area contributed by atoms with E-state index in [0.717, 1.165) is 36.5 Å². The van der Waals surface area contributed by atoms with Crippen LogP contribution < -0.4 is 0 Å². The first-order chi connectivity index (χ1) is 14.2. The molecule has 3 heteroatoms. The van der Waals surface area contributed by atoms with Crippen molar-refractivity contribution in [2.75, 3.05) is 20.6 Å². The fraction of sp³-hybridized carbons (Fsp3) is 0.370. The molecule has 0 atom stereocenters. The highest BCUT2D eigenvalue weighted by atomic mass is 15.1. The molecule has 156 valence electrons. The molecule has 0 aliphatic heterocycles. The Kier molecular flexibility index (Phi) is 6.80. The minimum absolute atomic E-state index is 0.775. The van der Waals surface area contributed by atoms with E-state index in [-0.39, 0.29) is 0 Å². The van der Waals surface area contributed by atoms with Gasteiger partial charge >= 0.3 is 0 Å². The van der Waals surface area contributed by atoms with Crippen LogP contribution in [0.25, 0.3) is 5.82 Å². The third-order valence-corrected chi connectivity index (χ3v) is 5.44. The van der Waals surface area contributed by atoms with Crippen molar-refractivity contribution < 1.29 is 0 Å². The van der Waals surface area contributed by atoms with Crippen LogP contribution in [-0.4, -0.2) is 35.1 Å². The van der Waals surface area contributed by atoms with Crippen LogP contribution in [-0.2, 0) is 12.8 Å². The van der Waals surface area contributed by atoms with Gasteiger partial charge in [-0.25, -0.2) is 4.98 Å². The molecule has 30 heavy (non-hydrogen) atoms. The molecular weight excluding hydrogens is 366 g/mol. The number of aromatic nitrogens is 2. The second kappa shape index (κ2) is 9.32. The summed E-state index contributed by atoms with van der Waals surface area (Å²) in [5.41, 5.74) is 9.88. The molecule has 3 rings (SSSR count). The van der Waals surface area contributed by atoms with E-state index < -0.39 is 0 Å². The normalized spacial score (nSPS) is 10.9. The standard InChI is InChI=1S/C27H33N3/c1-19-15-24(9-8-14-29(6)7)23(5)25(16-19)12-13-26-17-20(2)18-27(28-26)30-21(3)10-11-22(30)4/h10-11,15-18H,12-14H2,1-7H3. The Balaban J connectivity index is 1.85. The smallest absolute Gasteiger partial charge is 0.137 e. The van der Waals surface area contributed by atoms with Crippen LogP contribution in [0.2, 0.25) is 0 Å². The SMILES string of the molecule is Cc1cc(CCc2cc(C)cc(C#CCN(C)C)c2C)nc(-n2c(C)ccc2C)c1. The molecule has 3 aromatic rings. The Morgan fingerprint density at radius 1 is 0.867 bits per heavy atom. The van der Waals surface area contributed by atoms with Crippen molar-refractivity contribution in [2.24, 2.45) is 0 Å². The van der Waals surface area contributed by atoms with Gasteiger partial charge in [0.05, 0.1) is 6.54 Å². The van der Waals surface area contributed by atoms with Gasteiger partial charge in [0.2, 0.25) is 0 Å². The first-order valence-corrected chi connectivity index (χ1v) is 10.6. The highest BCUT2D eigenvalue weighted by Gasteiger charge is 2.10. The number of nitrogens with zero attached hydrogens (tertiary/aromatic N) is 3. The molecule has 2 heterocycles. The molecule has 0 amide bonds. The van der Waals surface area contributed by atoms with Crippen LogP contribution in [0.1, 0.15) is 44.9 Å². The van der Waals surface area contributed by atoms with E-state index in [1.807, 2.05) is 14.1 Å². The summed E-state index contributed by atoms with van der Waals surface area (Å²) in [6, 6.07) is 13.2.